The van der Waals surface area contributed by atoms with Crippen LogP contribution in [-0.4, -0.2) is 20.1 Å². The van der Waals surface area contributed by atoms with E-state index in [9.17, 15) is 9.18 Å². The molecule has 2 aromatic carbocycles. The van der Waals surface area contributed by atoms with Gasteiger partial charge < -0.3 is 14.8 Å². The van der Waals surface area contributed by atoms with Crippen molar-refractivity contribution in [1.29, 1.82) is 0 Å². The lowest BCUT2D eigenvalue weighted by molar-refractivity contribution is 0.102. The van der Waals surface area contributed by atoms with Gasteiger partial charge in [0.15, 0.2) is 0 Å². The highest BCUT2D eigenvalue weighted by Crippen LogP contribution is 2.29. The molecule has 6 heteroatoms. The molecule has 1 N–H and O–H groups in total. The molecule has 0 unspecified atom stereocenters. The Bertz CT molecular complexity index is 654. The van der Waals surface area contributed by atoms with Gasteiger partial charge in [-0.15, -0.1) is 0 Å². The lowest BCUT2D eigenvalue weighted by Crippen LogP contribution is -2.15. The fourth-order valence-corrected chi connectivity index (χ4v) is 2.18. The average molecular weight is 354 g/mol. The first-order valence-electron chi connectivity index (χ1n) is 6.04. The number of methoxy groups -OCH3 is 2. The SMILES string of the molecule is COc1cccc(OC)c1C(=O)Nc1ccc(Br)cc1F. The molecule has 110 valence electrons. The van der Waals surface area contributed by atoms with Gasteiger partial charge in [0, 0.05) is 4.47 Å². The lowest BCUT2D eigenvalue weighted by atomic mass is 10.1. The highest BCUT2D eigenvalue weighted by atomic mass is 79.9. The largest absolute Gasteiger partial charge is 0.496 e. The topological polar surface area (TPSA) is 47.6 Å². The van der Waals surface area contributed by atoms with E-state index in [2.05, 4.69) is 21.2 Å². The second kappa shape index (κ2) is 6.58. The van der Waals surface area contributed by atoms with Gasteiger partial charge in [-0.05, 0) is 30.3 Å². The molecule has 0 radical (unpaired) electrons. The minimum absolute atomic E-state index is 0.0798. The van der Waals surface area contributed by atoms with Gasteiger partial charge in [-0.1, -0.05) is 22.0 Å². The van der Waals surface area contributed by atoms with Crippen molar-refractivity contribution in [2.45, 2.75) is 0 Å². The van der Waals surface area contributed by atoms with Crippen LogP contribution in [0, 0.1) is 5.82 Å². The van der Waals surface area contributed by atoms with Gasteiger partial charge >= 0.3 is 0 Å². The third-order valence-electron chi connectivity index (χ3n) is 2.83. The fourth-order valence-electron chi connectivity index (χ4n) is 1.85. The second-order valence-electron chi connectivity index (χ2n) is 4.12. The van der Waals surface area contributed by atoms with Crippen LogP contribution in [0.25, 0.3) is 0 Å². The van der Waals surface area contributed by atoms with Gasteiger partial charge in [-0.25, -0.2) is 4.39 Å². The summed E-state index contributed by atoms with van der Waals surface area (Å²) < 4.78 is 24.7. The predicted octanol–water partition coefficient (Wildman–Crippen LogP) is 3.86. The molecule has 4 nitrogen and oxygen atoms in total. The monoisotopic (exact) mass is 353 g/mol. The molecule has 1 amide bonds. The first kappa shape index (κ1) is 15.3. The van der Waals surface area contributed by atoms with E-state index in [1.807, 2.05) is 0 Å². The summed E-state index contributed by atoms with van der Waals surface area (Å²) in [5, 5.41) is 2.51. The van der Waals surface area contributed by atoms with Crippen molar-refractivity contribution in [3.63, 3.8) is 0 Å². The minimum Gasteiger partial charge on any atom is -0.496 e. The summed E-state index contributed by atoms with van der Waals surface area (Å²) in [6.07, 6.45) is 0. The normalized spacial score (nSPS) is 10.1. The Morgan fingerprint density at radius 1 is 1.14 bits per heavy atom. The molecule has 0 aliphatic heterocycles. The van der Waals surface area contributed by atoms with Gasteiger partial charge in [0.25, 0.3) is 5.91 Å². The molecule has 2 aromatic rings. The van der Waals surface area contributed by atoms with Crippen LogP contribution < -0.4 is 14.8 Å². The van der Waals surface area contributed by atoms with E-state index < -0.39 is 11.7 Å². The van der Waals surface area contributed by atoms with E-state index in [0.717, 1.165) is 0 Å². The molecule has 0 aliphatic carbocycles. The quantitative estimate of drug-likeness (QED) is 0.907. The van der Waals surface area contributed by atoms with E-state index in [4.69, 9.17) is 9.47 Å². The van der Waals surface area contributed by atoms with E-state index in [0.29, 0.717) is 16.0 Å². The smallest absolute Gasteiger partial charge is 0.263 e. The van der Waals surface area contributed by atoms with Crippen molar-refractivity contribution in [3.05, 3.63) is 52.3 Å². The van der Waals surface area contributed by atoms with Crippen LogP contribution in [0.15, 0.2) is 40.9 Å². The Morgan fingerprint density at radius 3 is 2.29 bits per heavy atom. The number of amides is 1. The summed E-state index contributed by atoms with van der Waals surface area (Å²) in [4.78, 5) is 12.4. The Morgan fingerprint density at radius 2 is 1.76 bits per heavy atom. The molecule has 0 atom stereocenters. The van der Waals surface area contributed by atoms with Crippen molar-refractivity contribution in [1.82, 2.24) is 0 Å². The number of hydrogen-bond acceptors (Lipinski definition) is 3. The zero-order valence-electron chi connectivity index (χ0n) is 11.4. The van der Waals surface area contributed by atoms with Crippen molar-refractivity contribution >= 4 is 27.5 Å². The van der Waals surface area contributed by atoms with Crippen LogP contribution in [0.5, 0.6) is 11.5 Å². The summed E-state index contributed by atoms with van der Waals surface area (Å²) in [5.41, 5.74) is 0.293. The van der Waals surface area contributed by atoms with Gasteiger partial charge in [-0.3, -0.25) is 4.79 Å². The van der Waals surface area contributed by atoms with Gasteiger partial charge in [0.1, 0.15) is 22.9 Å². The lowest BCUT2D eigenvalue weighted by Gasteiger charge is -2.13. The first-order chi connectivity index (χ1) is 10.1. The number of nitrogens with one attached hydrogen (secondary N) is 1. The molecule has 2 rings (SSSR count). The average Bonchev–Trinajstić information content (AvgIpc) is 2.49. The number of anilines is 1. The van der Waals surface area contributed by atoms with Crippen LogP contribution in [0.2, 0.25) is 0 Å². The number of halogens is 2. The van der Waals surface area contributed by atoms with Gasteiger partial charge in [-0.2, -0.15) is 0 Å². The Labute approximate surface area is 130 Å². The highest BCUT2D eigenvalue weighted by molar-refractivity contribution is 9.10. The zero-order valence-corrected chi connectivity index (χ0v) is 13.0. The van der Waals surface area contributed by atoms with Crippen molar-refractivity contribution < 1.29 is 18.7 Å². The van der Waals surface area contributed by atoms with Crippen LogP contribution in [0.1, 0.15) is 10.4 Å². The zero-order chi connectivity index (χ0) is 15.4. The molecule has 0 heterocycles. The molecule has 0 spiro atoms. The Kier molecular flexibility index (Phi) is 4.80. The summed E-state index contributed by atoms with van der Waals surface area (Å²) in [6, 6.07) is 9.35. The maximum absolute atomic E-state index is 13.8. The van der Waals surface area contributed by atoms with E-state index in [1.165, 1.54) is 26.4 Å². The predicted molar refractivity (Wildman–Crippen MR) is 81.6 cm³/mol. The molecular formula is C15H13BrFNO3. The third-order valence-corrected chi connectivity index (χ3v) is 3.33. The second-order valence-corrected chi connectivity index (χ2v) is 5.03. The Balaban J connectivity index is 2.36. The molecule has 0 saturated carbocycles. The minimum atomic E-state index is -0.536. The van der Waals surface area contributed by atoms with Crippen molar-refractivity contribution in [2.75, 3.05) is 19.5 Å². The summed E-state index contributed by atoms with van der Waals surface area (Å²) >= 11 is 3.16. The van der Waals surface area contributed by atoms with Gasteiger partial charge in [0.05, 0.1) is 19.9 Å². The third kappa shape index (κ3) is 3.33. The molecule has 0 aromatic heterocycles. The van der Waals surface area contributed by atoms with E-state index in [1.54, 1.807) is 24.3 Å². The summed E-state index contributed by atoms with van der Waals surface area (Å²) in [5.74, 6) is -0.342. The van der Waals surface area contributed by atoms with Crippen LogP contribution in [-0.2, 0) is 0 Å². The van der Waals surface area contributed by atoms with Crippen LogP contribution >= 0.6 is 15.9 Å². The maximum atomic E-state index is 13.8. The molecule has 0 fully saturated rings. The number of ether oxygens (including phenoxy) is 2. The maximum Gasteiger partial charge on any atom is 0.263 e. The number of benzene rings is 2. The number of carbonyl (C=O) groups is 1. The van der Waals surface area contributed by atoms with Crippen LogP contribution in [0.4, 0.5) is 10.1 Å². The number of rotatable bonds is 4. The molecular weight excluding hydrogens is 341 g/mol. The first-order valence-corrected chi connectivity index (χ1v) is 6.83. The Hall–Kier alpha value is -2.08. The standard InChI is InChI=1S/C15H13BrFNO3/c1-20-12-4-3-5-13(21-2)14(12)15(19)18-11-7-6-9(16)8-10(11)17/h3-8H,1-2H3,(H,18,19). The summed E-state index contributed by atoms with van der Waals surface area (Å²) in [6.45, 7) is 0. The number of carbonyl (C=O) groups excluding carboxylic acids is 1. The summed E-state index contributed by atoms with van der Waals surface area (Å²) in [7, 11) is 2.90. The fraction of sp³-hybridized carbons (Fsp3) is 0.133. The number of hydrogen-bond donors (Lipinski definition) is 1. The van der Waals surface area contributed by atoms with Crippen molar-refractivity contribution in [2.24, 2.45) is 0 Å². The van der Waals surface area contributed by atoms with E-state index >= 15 is 0 Å². The van der Waals surface area contributed by atoms with Crippen LogP contribution in [0.3, 0.4) is 0 Å². The van der Waals surface area contributed by atoms with Crippen molar-refractivity contribution in [3.8, 4) is 11.5 Å². The van der Waals surface area contributed by atoms with Gasteiger partial charge in [0.2, 0.25) is 0 Å². The highest BCUT2D eigenvalue weighted by Gasteiger charge is 2.19. The molecule has 21 heavy (non-hydrogen) atoms. The molecule has 0 saturated heterocycles. The molecule has 0 aliphatic rings. The van der Waals surface area contributed by atoms with E-state index in [-0.39, 0.29) is 11.3 Å². The molecule has 0 bridgehead atoms.